The Morgan fingerprint density at radius 1 is 1.25 bits per heavy atom. The molecule has 1 unspecified atom stereocenters. The van der Waals surface area contributed by atoms with E-state index < -0.39 is 7.60 Å². The molecule has 0 aliphatic carbocycles. The molecule has 9 heteroatoms. The largest absolute Gasteiger partial charge is 0.328 e. The quantitative estimate of drug-likeness (QED) is 0.618. The summed E-state index contributed by atoms with van der Waals surface area (Å²) in [5, 5.41) is 0.768. The molecule has 20 heavy (non-hydrogen) atoms. The van der Waals surface area contributed by atoms with Crippen molar-refractivity contribution >= 4 is 71.2 Å². The van der Waals surface area contributed by atoms with Crippen molar-refractivity contribution in [3.63, 3.8) is 0 Å². The van der Waals surface area contributed by atoms with Crippen molar-refractivity contribution in [2.45, 2.75) is 6.92 Å². The van der Waals surface area contributed by atoms with Gasteiger partial charge >= 0.3 is 7.60 Å². The number of rotatable bonds is 5. The molecule has 3 nitrogen and oxygen atoms in total. The third kappa shape index (κ3) is 5.08. The number of benzene rings is 1. The summed E-state index contributed by atoms with van der Waals surface area (Å²) >= 11 is 29.5. The second-order valence-corrected chi connectivity index (χ2v) is 8.08. The van der Waals surface area contributed by atoms with Gasteiger partial charge in [-0.1, -0.05) is 64.9 Å². The monoisotopic (exact) mass is 396 g/mol. The molecule has 0 radical (unpaired) electrons. The van der Waals surface area contributed by atoms with E-state index in [0.717, 1.165) is 0 Å². The maximum Gasteiger partial charge on any atom is 0.328 e. The van der Waals surface area contributed by atoms with E-state index in [4.69, 9.17) is 62.5 Å². The predicted molar refractivity (Wildman–Crippen MR) is 86.4 cm³/mol. The fourth-order valence-corrected chi connectivity index (χ4v) is 3.17. The molecular formula is C11H10Cl5O3P. The zero-order valence-electron chi connectivity index (χ0n) is 10.2. The van der Waals surface area contributed by atoms with Gasteiger partial charge in [-0.25, -0.2) is 0 Å². The fraction of sp³-hybridized carbons (Fsp3) is 0.273. The van der Waals surface area contributed by atoms with E-state index in [-0.39, 0.29) is 32.9 Å². The lowest BCUT2D eigenvalue weighted by Crippen LogP contribution is -2.00. The molecule has 0 aliphatic rings. The zero-order valence-corrected chi connectivity index (χ0v) is 14.8. The Kier molecular flexibility index (Phi) is 7.17. The topological polar surface area (TPSA) is 46.5 Å². The predicted octanol–water partition coefficient (Wildman–Crippen LogP) is 6.01. The second kappa shape index (κ2) is 7.71. The first-order valence-corrected chi connectivity index (χ1v) is 8.98. The molecule has 0 spiro atoms. The van der Waals surface area contributed by atoms with Gasteiger partial charge in [0.05, 0.1) is 16.7 Å². The lowest BCUT2D eigenvalue weighted by Gasteiger charge is -2.15. The van der Waals surface area contributed by atoms with E-state index in [1.807, 2.05) is 0 Å². The van der Waals surface area contributed by atoms with E-state index >= 15 is 0 Å². The maximum atomic E-state index is 11.5. The van der Waals surface area contributed by atoms with Crippen LogP contribution in [0.15, 0.2) is 16.6 Å². The molecule has 1 N–H and O–H groups in total. The third-order valence-electron chi connectivity index (χ3n) is 2.35. The summed E-state index contributed by atoms with van der Waals surface area (Å²) < 4.78 is 16.3. The van der Waals surface area contributed by atoms with Crippen molar-refractivity contribution in [2.24, 2.45) is 0 Å². The van der Waals surface area contributed by atoms with Crippen LogP contribution in [0.25, 0.3) is 5.57 Å². The third-order valence-corrected chi connectivity index (χ3v) is 4.95. The van der Waals surface area contributed by atoms with Crippen LogP contribution in [0, 0.1) is 0 Å². The molecule has 1 aromatic carbocycles. The van der Waals surface area contributed by atoms with Gasteiger partial charge in [-0.05, 0) is 12.1 Å². The van der Waals surface area contributed by atoms with Gasteiger partial charge in [0, 0.05) is 22.3 Å². The number of halogens is 5. The Bertz CT molecular complexity index is 560. The van der Waals surface area contributed by atoms with Crippen molar-refractivity contribution < 1.29 is 14.0 Å². The van der Waals surface area contributed by atoms with Gasteiger partial charge in [0.1, 0.15) is 4.49 Å². The van der Waals surface area contributed by atoms with Crippen LogP contribution in [-0.2, 0) is 9.09 Å². The van der Waals surface area contributed by atoms with Crippen molar-refractivity contribution in [2.75, 3.05) is 12.8 Å². The number of hydrogen-bond donors (Lipinski definition) is 1. The number of hydrogen-bond acceptors (Lipinski definition) is 2. The minimum absolute atomic E-state index is 0.0394. The summed E-state index contributed by atoms with van der Waals surface area (Å²) in [6, 6.07) is 2.92. The van der Waals surface area contributed by atoms with Crippen LogP contribution in [0.1, 0.15) is 12.5 Å². The van der Waals surface area contributed by atoms with Crippen LogP contribution in [0.2, 0.25) is 15.1 Å². The van der Waals surface area contributed by atoms with Gasteiger partial charge < -0.3 is 9.42 Å². The highest BCUT2D eigenvalue weighted by molar-refractivity contribution is 7.52. The zero-order chi connectivity index (χ0) is 15.5. The summed E-state index contributed by atoms with van der Waals surface area (Å²) in [6.07, 6.45) is -0.0394. The van der Waals surface area contributed by atoms with Crippen molar-refractivity contribution in [3.05, 3.63) is 37.3 Å². The summed E-state index contributed by atoms with van der Waals surface area (Å²) in [6.45, 7) is 1.22. The molecule has 1 atom stereocenters. The Morgan fingerprint density at radius 2 is 1.75 bits per heavy atom. The van der Waals surface area contributed by atoms with Gasteiger partial charge in [-0.3, -0.25) is 4.57 Å². The van der Waals surface area contributed by atoms with E-state index in [1.54, 1.807) is 0 Å². The van der Waals surface area contributed by atoms with Crippen molar-refractivity contribution in [1.29, 1.82) is 0 Å². The average molecular weight is 398 g/mol. The first-order valence-electron chi connectivity index (χ1n) is 5.33. The Labute approximate surface area is 141 Å². The minimum atomic E-state index is -3.69. The molecule has 0 bridgehead atoms. The van der Waals surface area contributed by atoms with Crippen LogP contribution in [0.5, 0.6) is 0 Å². The van der Waals surface area contributed by atoms with E-state index in [1.165, 1.54) is 19.1 Å². The molecule has 0 aliphatic heterocycles. The van der Waals surface area contributed by atoms with Gasteiger partial charge in [-0.2, -0.15) is 0 Å². The van der Waals surface area contributed by atoms with Crippen LogP contribution in [0.4, 0.5) is 0 Å². The standard InChI is InChI=1S/C11H10Cl5O3P/c1-2-20(17,18)19-5-7(11(15)16)10-8(13)3-6(12)4-9(10)14/h3-4H,2,5H2,1H3,(H,17,18). The lowest BCUT2D eigenvalue weighted by atomic mass is 10.1. The normalized spacial score (nSPS) is 13.9. The summed E-state index contributed by atoms with van der Waals surface area (Å²) in [5.74, 6) is 0. The lowest BCUT2D eigenvalue weighted by molar-refractivity contribution is 0.292. The Balaban J connectivity index is 3.19. The SMILES string of the molecule is CCP(=O)(O)OCC(=C(Cl)Cl)c1c(Cl)cc(Cl)cc1Cl. The van der Waals surface area contributed by atoms with Gasteiger partial charge in [0.15, 0.2) is 0 Å². The summed E-state index contributed by atoms with van der Waals surface area (Å²) in [5.41, 5.74) is 0.525. The highest BCUT2D eigenvalue weighted by atomic mass is 35.5. The summed E-state index contributed by atoms with van der Waals surface area (Å²) in [4.78, 5) is 9.42. The smallest absolute Gasteiger partial charge is 0.324 e. The van der Waals surface area contributed by atoms with Crippen LogP contribution < -0.4 is 0 Å². The first kappa shape index (κ1) is 18.6. The molecule has 0 aromatic heterocycles. The van der Waals surface area contributed by atoms with Gasteiger partial charge in [0.25, 0.3) is 0 Å². The molecule has 1 aromatic rings. The molecule has 1 rings (SSSR count). The first-order chi connectivity index (χ1) is 9.18. The highest BCUT2D eigenvalue weighted by Crippen LogP contribution is 2.44. The van der Waals surface area contributed by atoms with E-state index in [0.29, 0.717) is 10.6 Å². The van der Waals surface area contributed by atoms with Crippen LogP contribution in [-0.4, -0.2) is 17.7 Å². The van der Waals surface area contributed by atoms with Crippen LogP contribution >= 0.6 is 65.6 Å². The fourth-order valence-electron chi connectivity index (χ4n) is 1.31. The van der Waals surface area contributed by atoms with E-state index in [2.05, 4.69) is 0 Å². The van der Waals surface area contributed by atoms with Gasteiger partial charge in [-0.15, -0.1) is 0 Å². The highest BCUT2D eigenvalue weighted by Gasteiger charge is 2.21. The minimum Gasteiger partial charge on any atom is -0.324 e. The van der Waals surface area contributed by atoms with Crippen LogP contribution in [0.3, 0.4) is 0 Å². The van der Waals surface area contributed by atoms with Crippen molar-refractivity contribution in [3.8, 4) is 0 Å². The van der Waals surface area contributed by atoms with Crippen molar-refractivity contribution in [1.82, 2.24) is 0 Å². The molecular weight excluding hydrogens is 388 g/mol. The molecule has 0 saturated heterocycles. The Hall–Kier alpha value is 0.560. The Morgan fingerprint density at radius 3 is 2.15 bits per heavy atom. The molecule has 112 valence electrons. The second-order valence-electron chi connectivity index (χ2n) is 3.71. The summed E-state index contributed by atoms with van der Waals surface area (Å²) in [7, 11) is -3.69. The maximum absolute atomic E-state index is 11.5. The average Bonchev–Trinajstić information content (AvgIpc) is 2.31. The molecule has 0 amide bonds. The molecule has 0 fully saturated rings. The van der Waals surface area contributed by atoms with Gasteiger partial charge in [0.2, 0.25) is 0 Å². The molecule has 0 heterocycles. The molecule has 0 saturated carbocycles. The van der Waals surface area contributed by atoms with E-state index in [9.17, 15) is 9.46 Å².